The first-order valence-corrected chi connectivity index (χ1v) is 5.62. The van der Waals surface area contributed by atoms with Crippen molar-refractivity contribution in [3.63, 3.8) is 0 Å². The molecule has 6 heteroatoms. The summed E-state index contributed by atoms with van der Waals surface area (Å²) in [7, 11) is 1.80. The Morgan fingerprint density at radius 2 is 2.06 bits per heavy atom. The molecular formula is C10H12N4OS. The molecule has 0 saturated heterocycles. The lowest BCUT2D eigenvalue weighted by molar-refractivity contribution is 0.431. The predicted molar refractivity (Wildman–Crippen MR) is 61.7 cm³/mol. The van der Waals surface area contributed by atoms with E-state index < -0.39 is 0 Å². The molecule has 0 aromatic carbocycles. The van der Waals surface area contributed by atoms with Gasteiger partial charge in [0.25, 0.3) is 5.22 Å². The van der Waals surface area contributed by atoms with Gasteiger partial charge in [0.1, 0.15) is 16.6 Å². The Bertz CT molecular complexity index is 478. The van der Waals surface area contributed by atoms with Crippen LogP contribution in [-0.4, -0.2) is 22.0 Å². The molecule has 0 aliphatic heterocycles. The lowest BCUT2D eigenvalue weighted by atomic mass is 10.4. The van der Waals surface area contributed by atoms with Crippen LogP contribution in [0.2, 0.25) is 0 Å². The minimum atomic E-state index is 0.595. The number of rotatable bonds is 3. The maximum absolute atomic E-state index is 5.46. The summed E-state index contributed by atoms with van der Waals surface area (Å²) in [5, 5.41) is 4.28. The minimum absolute atomic E-state index is 0.595. The van der Waals surface area contributed by atoms with Crippen molar-refractivity contribution >= 4 is 17.6 Å². The molecule has 0 saturated carbocycles. The first-order chi connectivity index (χ1) is 7.69. The fourth-order valence-electron chi connectivity index (χ4n) is 1.09. The molecule has 84 valence electrons. The van der Waals surface area contributed by atoms with Crippen LogP contribution < -0.4 is 5.32 Å². The molecule has 16 heavy (non-hydrogen) atoms. The van der Waals surface area contributed by atoms with E-state index in [2.05, 4.69) is 20.3 Å². The molecule has 0 aliphatic rings. The summed E-state index contributed by atoms with van der Waals surface area (Å²) in [4.78, 5) is 12.6. The number of aryl methyl sites for hydroxylation is 2. The lowest BCUT2D eigenvalue weighted by Gasteiger charge is -1.99. The minimum Gasteiger partial charge on any atom is -0.436 e. The predicted octanol–water partition coefficient (Wildman–Crippen LogP) is 2.27. The summed E-state index contributed by atoms with van der Waals surface area (Å²) in [6, 6.07) is 0. The SMILES string of the molecule is CNc1cncc(Sc2nc(C)c(C)o2)n1. The molecule has 0 amide bonds. The molecular weight excluding hydrogens is 224 g/mol. The number of hydrogen-bond donors (Lipinski definition) is 1. The van der Waals surface area contributed by atoms with Gasteiger partial charge in [-0.1, -0.05) is 0 Å². The maximum atomic E-state index is 5.46. The van der Waals surface area contributed by atoms with E-state index in [0.29, 0.717) is 5.22 Å². The largest absolute Gasteiger partial charge is 0.436 e. The summed E-state index contributed by atoms with van der Waals surface area (Å²) in [5.41, 5.74) is 0.903. The van der Waals surface area contributed by atoms with Crippen LogP contribution in [0.3, 0.4) is 0 Å². The van der Waals surface area contributed by atoms with Crippen LogP contribution in [-0.2, 0) is 0 Å². The second kappa shape index (κ2) is 4.52. The Balaban J connectivity index is 2.20. The first-order valence-electron chi connectivity index (χ1n) is 4.80. The van der Waals surface area contributed by atoms with Crippen LogP contribution in [0.25, 0.3) is 0 Å². The monoisotopic (exact) mass is 236 g/mol. The molecule has 2 aromatic heterocycles. The van der Waals surface area contributed by atoms with E-state index in [0.717, 1.165) is 22.3 Å². The molecule has 0 fully saturated rings. The van der Waals surface area contributed by atoms with E-state index in [1.807, 2.05) is 13.8 Å². The molecule has 2 rings (SSSR count). The zero-order chi connectivity index (χ0) is 11.5. The molecule has 0 atom stereocenters. The zero-order valence-electron chi connectivity index (χ0n) is 9.31. The van der Waals surface area contributed by atoms with E-state index in [1.165, 1.54) is 11.8 Å². The molecule has 0 unspecified atom stereocenters. The Morgan fingerprint density at radius 1 is 1.25 bits per heavy atom. The van der Waals surface area contributed by atoms with Crippen molar-refractivity contribution in [2.75, 3.05) is 12.4 Å². The highest BCUT2D eigenvalue weighted by molar-refractivity contribution is 7.99. The highest BCUT2D eigenvalue weighted by Crippen LogP contribution is 2.26. The van der Waals surface area contributed by atoms with Gasteiger partial charge in [-0.2, -0.15) is 0 Å². The van der Waals surface area contributed by atoms with Gasteiger partial charge in [-0.05, 0) is 25.6 Å². The van der Waals surface area contributed by atoms with E-state index in [9.17, 15) is 0 Å². The van der Waals surface area contributed by atoms with E-state index in [1.54, 1.807) is 19.4 Å². The highest BCUT2D eigenvalue weighted by atomic mass is 32.2. The second-order valence-corrected chi connectivity index (χ2v) is 4.19. The van der Waals surface area contributed by atoms with Crippen molar-refractivity contribution in [1.29, 1.82) is 0 Å². The zero-order valence-corrected chi connectivity index (χ0v) is 10.1. The van der Waals surface area contributed by atoms with Crippen molar-refractivity contribution in [3.8, 4) is 0 Å². The number of nitrogens with zero attached hydrogens (tertiary/aromatic N) is 3. The summed E-state index contributed by atoms with van der Waals surface area (Å²) >= 11 is 1.36. The average molecular weight is 236 g/mol. The van der Waals surface area contributed by atoms with Crippen LogP contribution in [0.5, 0.6) is 0 Å². The van der Waals surface area contributed by atoms with Crippen LogP contribution in [0.1, 0.15) is 11.5 Å². The molecule has 5 nitrogen and oxygen atoms in total. The summed E-state index contributed by atoms with van der Waals surface area (Å²) in [5.74, 6) is 1.56. The molecule has 0 aliphatic carbocycles. The van der Waals surface area contributed by atoms with Crippen molar-refractivity contribution in [1.82, 2.24) is 15.0 Å². The number of hydrogen-bond acceptors (Lipinski definition) is 6. The molecule has 2 heterocycles. The smallest absolute Gasteiger partial charge is 0.262 e. The van der Waals surface area contributed by atoms with Crippen molar-refractivity contribution in [2.45, 2.75) is 24.1 Å². The summed E-state index contributed by atoms with van der Waals surface area (Å²) < 4.78 is 5.46. The number of nitrogens with one attached hydrogen (secondary N) is 1. The van der Waals surface area contributed by atoms with Crippen molar-refractivity contribution in [3.05, 3.63) is 23.8 Å². The van der Waals surface area contributed by atoms with Gasteiger partial charge in [-0.25, -0.2) is 9.97 Å². The third-order valence-electron chi connectivity index (χ3n) is 2.07. The van der Waals surface area contributed by atoms with Crippen LogP contribution in [0.15, 0.2) is 27.1 Å². The highest BCUT2D eigenvalue weighted by Gasteiger charge is 2.08. The van der Waals surface area contributed by atoms with Crippen LogP contribution >= 0.6 is 11.8 Å². The Morgan fingerprint density at radius 3 is 2.69 bits per heavy atom. The molecule has 0 spiro atoms. The van der Waals surface area contributed by atoms with E-state index in [4.69, 9.17) is 4.42 Å². The standard InChI is InChI=1S/C10H12N4OS/c1-6-7(2)15-10(13-6)16-9-5-12-4-8(11-3)14-9/h4-5H,1-3H3,(H,11,14). The quantitative estimate of drug-likeness (QED) is 0.882. The summed E-state index contributed by atoms with van der Waals surface area (Å²) in [6.07, 6.45) is 3.34. The number of aromatic nitrogens is 3. The Labute approximate surface area is 97.7 Å². The van der Waals surface area contributed by atoms with Gasteiger partial charge in [0.2, 0.25) is 0 Å². The lowest BCUT2D eigenvalue weighted by Crippen LogP contribution is -1.93. The molecule has 0 bridgehead atoms. The molecule has 1 N–H and O–H groups in total. The van der Waals surface area contributed by atoms with E-state index >= 15 is 0 Å². The Hall–Kier alpha value is -1.56. The first kappa shape index (κ1) is 10.9. The number of oxazole rings is 1. The topological polar surface area (TPSA) is 63.8 Å². The van der Waals surface area contributed by atoms with Crippen molar-refractivity contribution in [2.24, 2.45) is 0 Å². The second-order valence-electron chi connectivity index (χ2n) is 3.22. The molecule has 0 radical (unpaired) electrons. The van der Waals surface area contributed by atoms with Gasteiger partial charge in [0, 0.05) is 7.05 Å². The van der Waals surface area contributed by atoms with Gasteiger partial charge in [0.05, 0.1) is 18.1 Å². The number of anilines is 1. The average Bonchev–Trinajstić information content (AvgIpc) is 2.58. The third-order valence-corrected chi connectivity index (χ3v) is 2.82. The van der Waals surface area contributed by atoms with Gasteiger partial charge in [-0.15, -0.1) is 0 Å². The fourth-order valence-corrected chi connectivity index (χ4v) is 1.88. The normalized spacial score (nSPS) is 10.4. The molecule has 2 aromatic rings. The van der Waals surface area contributed by atoms with Gasteiger partial charge in [-0.3, -0.25) is 4.98 Å². The van der Waals surface area contributed by atoms with E-state index in [-0.39, 0.29) is 0 Å². The van der Waals surface area contributed by atoms with Crippen LogP contribution in [0, 0.1) is 13.8 Å². The third kappa shape index (κ3) is 2.33. The van der Waals surface area contributed by atoms with Gasteiger partial charge >= 0.3 is 0 Å². The Kier molecular flexibility index (Phi) is 3.09. The fraction of sp³-hybridized carbons (Fsp3) is 0.300. The summed E-state index contributed by atoms with van der Waals surface area (Å²) in [6.45, 7) is 3.81. The van der Waals surface area contributed by atoms with Gasteiger partial charge < -0.3 is 9.73 Å². The maximum Gasteiger partial charge on any atom is 0.262 e. The van der Waals surface area contributed by atoms with Crippen molar-refractivity contribution < 1.29 is 4.42 Å². The van der Waals surface area contributed by atoms with Gasteiger partial charge in [0.15, 0.2) is 0 Å². The van der Waals surface area contributed by atoms with Crippen LogP contribution in [0.4, 0.5) is 5.82 Å².